The van der Waals surface area contributed by atoms with E-state index in [2.05, 4.69) is 10.3 Å². The predicted octanol–water partition coefficient (Wildman–Crippen LogP) is 1.77. The largest absolute Gasteiger partial charge is 0.359 e. The maximum absolute atomic E-state index is 12.7. The van der Waals surface area contributed by atoms with Crippen LogP contribution in [0.4, 0.5) is 0 Å². The average molecular weight is 301 g/mol. The van der Waals surface area contributed by atoms with Crippen LogP contribution >= 0.6 is 0 Å². The van der Waals surface area contributed by atoms with Gasteiger partial charge in [0.2, 0.25) is 5.91 Å². The summed E-state index contributed by atoms with van der Waals surface area (Å²) < 4.78 is 0. The van der Waals surface area contributed by atoms with Gasteiger partial charge in [-0.25, -0.2) is 0 Å². The third-order valence-corrected chi connectivity index (χ3v) is 5.41. The second-order valence-electron chi connectivity index (χ2n) is 6.59. The number of nitrogens with zero attached hydrogens (tertiary/aromatic N) is 2. The standard InChI is InChI=1S/C17H23N3O2/c1-12-5-8-19-10-13(12)16(22)20-9-7-17(11-20)6-3-4-14(17)15(21)18-2/h5,8,10,14H,3-4,6-7,9,11H2,1-2H3,(H,18,21)/t14-,17+/m1/s1. The Bertz CT molecular complexity index is 601. The molecule has 1 saturated heterocycles. The molecular formula is C17H23N3O2. The van der Waals surface area contributed by atoms with Crippen LogP contribution in [0.1, 0.15) is 41.6 Å². The fraction of sp³-hybridized carbons (Fsp3) is 0.588. The van der Waals surface area contributed by atoms with Crippen LogP contribution < -0.4 is 5.32 Å². The van der Waals surface area contributed by atoms with Crippen molar-refractivity contribution in [3.8, 4) is 0 Å². The number of amides is 2. The number of aromatic nitrogens is 1. The summed E-state index contributed by atoms with van der Waals surface area (Å²) in [5.41, 5.74) is 1.61. The zero-order valence-corrected chi connectivity index (χ0v) is 13.3. The third kappa shape index (κ3) is 2.38. The second kappa shape index (κ2) is 5.71. The van der Waals surface area contributed by atoms with Gasteiger partial charge in [-0.05, 0) is 37.8 Å². The molecule has 1 N–H and O–H groups in total. The summed E-state index contributed by atoms with van der Waals surface area (Å²) in [4.78, 5) is 30.9. The Morgan fingerprint density at radius 3 is 2.95 bits per heavy atom. The molecule has 0 aromatic carbocycles. The van der Waals surface area contributed by atoms with Crippen molar-refractivity contribution >= 4 is 11.8 Å². The first-order valence-corrected chi connectivity index (χ1v) is 7.99. The molecule has 1 spiro atoms. The van der Waals surface area contributed by atoms with Crippen molar-refractivity contribution in [1.82, 2.24) is 15.2 Å². The van der Waals surface area contributed by atoms with Gasteiger partial charge in [-0.3, -0.25) is 14.6 Å². The van der Waals surface area contributed by atoms with Gasteiger partial charge in [0.1, 0.15) is 0 Å². The van der Waals surface area contributed by atoms with Crippen molar-refractivity contribution < 1.29 is 9.59 Å². The first-order valence-electron chi connectivity index (χ1n) is 7.99. The molecule has 2 heterocycles. The molecule has 22 heavy (non-hydrogen) atoms. The lowest BCUT2D eigenvalue weighted by atomic mass is 9.76. The van der Waals surface area contributed by atoms with Gasteiger partial charge >= 0.3 is 0 Å². The molecule has 5 nitrogen and oxygen atoms in total. The Morgan fingerprint density at radius 2 is 2.23 bits per heavy atom. The Hall–Kier alpha value is -1.91. The molecule has 5 heteroatoms. The van der Waals surface area contributed by atoms with Crippen LogP contribution in [0.15, 0.2) is 18.5 Å². The van der Waals surface area contributed by atoms with Crippen LogP contribution in [0, 0.1) is 18.3 Å². The maximum atomic E-state index is 12.7. The van der Waals surface area contributed by atoms with Crippen LogP contribution in [0.2, 0.25) is 0 Å². The molecule has 1 aliphatic carbocycles. The van der Waals surface area contributed by atoms with Crippen LogP contribution in [0.5, 0.6) is 0 Å². The quantitative estimate of drug-likeness (QED) is 0.905. The fourth-order valence-corrected chi connectivity index (χ4v) is 4.14. The van der Waals surface area contributed by atoms with Crippen LogP contribution in [-0.2, 0) is 4.79 Å². The Kier molecular flexibility index (Phi) is 3.89. The highest BCUT2D eigenvalue weighted by molar-refractivity contribution is 5.95. The lowest BCUT2D eigenvalue weighted by Gasteiger charge is -2.30. The minimum atomic E-state index is -0.0220. The molecule has 3 rings (SSSR count). The van der Waals surface area contributed by atoms with E-state index in [0.717, 1.165) is 37.8 Å². The first-order chi connectivity index (χ1) is 10.6. The summed E-state index contributed by atoms with van der Waals surface area (Å²) in [5.74, 6) is 0.222. The summed E-state index contributed by atoms with van der Waals surface area (Å²) in [6.07, 6.45) is 7.33. The Balaban J connectivity index is 1.79. The molecular weight excluding hydrogens is 278 g/mol. The number of carbonyl (C=O) groups is 2. The zero-order chi connectivity index (χ0) is 15.7. The van der Waals surface area contributed by atoms with E-state index in [1.54, 1.807) is 19.4 Å². The highest BCUT2D eigenvalue weighted by Gasteiger charge is 2.51. The van der Waals surface area contributed by atoms with E-state index in [1.165, 1.54) is 0 Å². The van der Waals surface area contributed by atoms with Crippen molar-refractivity contribution in [3.63, 3.8) is 0 Å². The molecule has 2 amide bonds. The van der Waals surface area contributed by atoms with Gasteiger partial charge in [0, 0.05) is 43.9 Å². The number of nitrogens with one attached hydrogen (secondary N) is 1. The number of hydrogen-bond acceptors (Lipinski definition) is 3. The zero-order valence-electron chi connectivity index (χ0n) is 13.3. The molecule has 2 aliphatic rings. The van der Waals surface area contributed by atoms with Crippen molar-refractivity contribution in [2.45, 2.75) is 32.6 Å². The van der Waals surface area contributed by atoms with E-state index in [0.29, 0.717) is 12.1 Å². The lowest BCUT2D eigenvalue weighted by Crippen LogP contribution is -2.40. The number of rotatable bonds is 2. The topological polar surface area (TPSA) is 62.3 Å². The van der Waals surface area contributed by atoms with Crippen LogP contribution in [0.25, 0.3) is 0 Å². The highest BCUT2D eigenvalue weighted by atomic mass is 16.2. The van der Waals surface area contributed by atoms with Crippen molar-refractivity contribution in [2.75, 3.05) is 20.1 Å². The molecule has 1 saturated carbocycles. The monoisotopic (exact) mass is 301 g/mol. The van der Waals surface area contributed by atoms with E-state index < -0.39 is 0 Å². The fourth-order valence-electron chi connectivity index (χ4n) is 4.14. The normalized spacial score (nSPS) is 27.4. The van der Waals surface area contributed by atoms with Crippen LogP contribution in [-0.4, -0.2) is 41.8 Å². The molecule has 1 aromatic heterocycles. The molecule has 0 unspecified atom stereocenters. The van der Waals surface area contributed by atoms with Gasteiger partial charge in [0.25, 0.3) is 5.91 Å². The minimum Gasteiger partial charge on any atom is -0.359 e. The van der Waals surface area contributed by atoms with Crippen molar-refractivity contribution in [2.24, 2.45) is 11.3 Å². The third-order valence-electron chi connectivity index (χ3n) is 5.41. The van der Waals surface area contributed by atoms with E-state index in [-0.39, 0.29) is 23.1 Å². The number of hydrogen-bond donors (Lipinski definition) is 1. The number of carbonyl (C=O) groups excluding carboxylic acids is 2. The van der Waals surface area contributed by atoms with Gasteiger partial charge in [0.05, 0.1) is 5.56 Å². The SMILES string of the molecule is CNC(=O)[C@H]1CCC[C@@]12CCN(C(=O)c1cnccc1C)C2. The van der Waals surface area contributed by atoms with Gasteiger partial charge in [0.15, 0.2) is 0 Å². The number of pyridine rings is 1. The van der Waals surface area contributed by atoms with Crippen LogP contribution in [0.3, 0.4) is 0 Å². The Morgan fingerprint density at radius 1 is 1.41 bits per heavy atom. The summed E-state index contributed by atoms with van der Waals surface area (Å²) in [6.45, 7) is 3.36. The van der Waals surface area contributed by atoms with E-state index in [1.807, 2.05) is 17.9 Å². The van der Waals surface area contributed by atoms with Gasteiger partial charge < -0.3 is 10.2 Å². The molecule has 2 fully saturated rings. The average Bonchev–Trinajstić information content (AvgIpc) is 3.14. The summed E-state index contributed by atoms with van der Waals surface area (Å²) >= 11 is 0. The van der Waals surface area contributed by atoms with Crippen molar-refractivity contribution in [1.29, 1.82) is 0 Å². The summed E-state index contributed by atoms with van der Waals surface area (Å²) in [6, 6.07) is 1.86. The summed E-state index contributed by atoms with van der Waals surface area (Å²) in [7, 11) is 1.70. The molecule has 0 bridgehead atoms. The van der Waals surface area contributed by atoms with Gasteiger partial charge in [-0.2, -0.15) is 0 Å². The molecule has 1 aromatic rings. The van der Waals surface area contributed by atoms with E-state index in [9.17, 15) is 9.59 Å². The van der Waals surface area contributed by atoms with Gasteiger partial charge in [-0.15, -0.1) is 0 Å². The molecule has 1 aliphatic heterocycles. The molecule has 2 atom stereocenters. The smallest absolute Gasteiger partial charge is 0.255 e. The second-order valence-corrected chi connectivity index (χ2v) is 6.59. The lowest BCUT2D eigenvalue weighted by molar-refractivity contribution is -0.127. The molecule has 0 radical (unpaired) electrons. The minimum absolute atomic E-state index is 0.0220. The van der Waals surface area contributed by atoms with Crippen molar-refractivity contribution in [3.05, 3.63) is 29.6 Å². The first kappa shape index (κ1) is 15.0. The van der Waals surface area contributed by atoms with Gasteiger partial charge in [-0.1, -0.05) is 6.42 Å². The number of likely N-dealkylation sites (tertiary alicyclic amines) is 1. The summed E-state index contributed by atoms with van der Waals surface area (Å²) in [5, 5.41) is 2.79. The maximum Gasteiger partial charge on any atom is 0.255 e. The number of aryl methyl sites for hydroxylation is 1. The Labute approximate surface area is 131 Å². The van der Waals surface area contributed by atoms with E-state index in [4.69, 9.17) is 0 Å². The van der Waals surface area contributed by atoms with E-state index >= 15 is 0 Å². The predicted molar refractivity (Wildman–Crippen MR) is 83.3 cm³/mol. The molecule has 118 valence electrons. The highest BCUT2D eigenvalue weighted by Crippen LogP contribution is 2.50.